The van der Waals surface area contributed by atoms with Crippen molar-refractivity contribution in [3.05, 3.63) is 45.1 Å². The Balaban J connectivity index is 1.79. The summed E-state index contributed by atoms with van der Waals surface area (Å²) >= 11 is 7.68. The Hall–Kier alpha value is -1.72. The lowest BCUT2D eigenvalue weighted by Crippen LogP contribution is -2.26. The van der Waals surface area contributed by atoms with Gasteiger partial charge in [-0.25, -0.2) is 0 Å². The van der Waals surface area contributed by atoms with Crippen molar-refractivity contribution in [2.75, 3.05) is 6.79 Å². The molecular formula is C14H12ClNO3S. The van der Waals surface area contributed by atoms with Crippen LogP contribution in [0.3, 0.4) is 0 Å². The van der Waals surface area contributed by atoms with Crippen LogP contribution in [-0.4, -0.2) is 12.7 Å². The number of ether oxygens (including phenoxy) is 2. The first-order chi connectivity index (χ1) is 9.65. The molecular weight excluding hydrogens is 298 g/mol. The van der Waals surface area contributed by atoms with E-state index >= 15 is 0 Å². The van der Waals surface area contributed by atoms with Crippen molar-refractivity contribution in [1.82, 2.24) is 5.32 Å². The minimum absolute atomic E-state index is 0.0494. The van der Waals surface area contributed by atoms with Gasteiger partial charge in [-0.3, -0.25) is 4.79 Å². The van der Waals surface area contributed by atoms with E-state index in [0.29, 0.717) is 22.1 Å². The van der Waals surface area contributed by atoms with Crippen LogP contribution in [0, 0.1) is 0 Å². The summed E-state index contributed by atoms with van der Waals surface area (Å²) in [4.78, 5) is 13.3. The predicted molar refractivity (Wildman–Crippen MR) is 77.8 cm³/mol. The second-order valence-electron chi connectivity index (χ2n) is 4.40. The Labute approximate surface area is 125 Å². The smallest absolute Gasteiger partial charge is 0.251 e. The summed E-state index contributed by atoms with van der Waals surface area (Å²) in [6, 6.07) is 7.13. The molecule has 0 aliphatic carbocycles. The van der Waals surface area contributed by atoms with Gasteiger partial charge in [0.2, 0.25) is 6.79 Å². The maximum Gasteiger partial charge on any atom is 0.251 e. The second kappa shape index (κ2) is 5.34. The first-order valence-corrected chi connectivity index (χ1v) is 7.34. The number of rotatable bonds is 3. The Morgan fingerprint density at radius 2 is 2.30 bits per heavy atom. The van der Waals surface area contributed by atoms with Crippen LogP contribution in [-0.2, 0) is 0 Å². The molecule has 1 aromatic heterocycles. The normalized spacial score (nSPS) is 14.1. The summed E-state index contributed by atoms with van der Waals surface area (Å²) in [5.74, 6) is 0.812. The fraction of sp³-hybridized carbons (Fsp3) is 0.214. The van der Waals surface area contributed by atoms with E-state index in [1.165, 1.54) is 0 Å². The Morgan fingerprint density at radius 3 is 3.05 bits per heavy atom. The molecule has 104 valence electrons. The average molecular weight is 310 g/mol. The maximum atomic E-state index is 12.2. The molecule has 1 N–H and O–H groups in total. The van der Waals surface area contributed by atoms with Gasteiger partial charge in [0, 0.05) is 10.4 Å². The first-order valence-electron chi connectivity index (χ1n) is 6.08. The van der Waals surface area contributed by atoms with Gasteiger partial charge in [0.1, 0.15) is 0 Å². The lowest BCUT2D eigenvalue weighted by atomic mass is 10.1. The van der Waals surface area contributed by atoms with E-state index in [1.807, 2.05) is 24.4 Å². The molecule has 6 heteroatoms. The molecule has 0 radical (unpaired) electrons. The monoisotopic (exact) mass is 309 g/mol. The second-order valence-corrected chi connectivity index (χ2v) is 5.79. The highest BCUT2D eigenvalue weighted by Crippen LogP contribution is 2.39. The quantitative estimate of drug-likeness (QED) is 0.942. The maximum absolute atomic E-state index is 12.2. The highest BCUT2D eigenvalue weighted by molar-refractivity contribution is 7.10. The molecule has 1 atom stereocenters. The van der Waals surface area contributed by atoms with E-state index in [2.05, 4.69) is 5.32 Å². The molecule has 1 aliphatic heterocycles. The molecule has 0 saturated heterocycles. The number of hydrogen-bond acceptors (Lipinski definition) is 4. The van der Waals surface area contributed by atoms with E-state index in [4.69, 9.17) is 21.1 Å². The number of nitrogens with one attached hydrogen (secondary N) is 1. The molecule has 1 amide bonds. The Morgan fingerprint density at radius 1 is 1.45 bits per heavy atom. The zero-order valence-electron chi connectivity index (χ0n) is 10.7. The lowest BCUT2D eigenvalue weighted by Gasteiger charge is -2.12. The minimum atomic E-state index is -0.189. The van der Waals surface area contributed by atoms with Crippen molar-refractivity contribution in [3.63, 3.8) is 0 Å². The van der Waals surface area contributed by atoms with Gasteiger partial charge in [0.05, 0.1) is 11.1 Å². The molecule has 1 aliphatic rings. The molecule has 2 aromatic rings. The number of thiophene rings is 1. The van der Waals surface area contributed by atoms with Crippen molar-refractivity contribution in [3.8, 4) is 11.5 Å². The number of amides is 1. The van der Waals surface area contributed by atoms with Crippen molar-refractivity contribution in [2.45, 2.75) is 13.0 Å². The van der Waals surface area contributed by atoms with E-state index in [9.17, 15) is 4.79 Å². The van der Waals surface area contributed by atoms with Gasteiger partial charge in [0.15, 0.2) is 11.5 Å². The summed E-state index contributed by atoms with van der Waals surface area (Å²) in [5, 5.41) is 5.30. The molecule has 20 heavy (non-hydrogen) atoms. The van der Waals surface area contributed by atoms with Gasteiger partial charge in [-0.15, -0.1) is 11.3 Å². The summed E-state index contributed by atoms with van der Waals surface area (Å²) in [6.07, 6.45) is 0. The van der Waals surface area contributed by atoms with Crippen LogP contribution in [0.15, 0.2) is 29.6 Å². The molecule has 2 heterocycles. The van der Waals surface area contributed by atoms with Gasteiger partial charge >= 0.3 is 0 Å². The highest BCUT2D eigenvalue weighted by Gasteiger charge is 2.21. The van der Waals surface area contributed by atoms with Crippen molar-refractivity contribution in [2.24, 2.45) is 0 Å². The Kier molecular flexibility index (Phi) is 3.54. The van der Waals surface area contributed by atoms with E-state index in [-0.39, 0.29) is 18.7 Å². The van der Waals surface area contributed by atoms with Gasteiger partial charge in [-0.1, -0.05) is 17.7 Å². The molecule has 0 spiro atoms. The van der Waals surface area contributed by atoms with Gasteiger partial charge in [0.25, 0.3) is 5.91 Å². The summed E-state index contributed by atoms with van der Waals surface area (Å²) < 4.78 is 10.5. The molecule has 3 rings (SSSR count). The number of carbonyl (C=O) groups is 1. The Bertz CT molecular complexity index is 642. The SMILES string of the molecule is CC(NC(=O)c1cc(Cl)c2c(c1)OCO2)c1cccs1. The van der Waals surface area contributed by atoms with Crippen molar-refractivity contribution in [1.29, 1.82) is 0 Å². The third-order valence-electron chi connectivity index (χ3n) is 3.01. The number of carbonyl (C=O) groups excluding carboxylic acids is 1. The fourth-order valence-electron chi connectivity index (χ4n) is 1.99. The number of hydrogen-bond donors (Lipinski definition) is 1. The minimum Gasteiger partial charge on any atom is -0.454 e. The molecule has 0 saturated carbocycles. The topological polar surface area (TPSA) is 47.6 Å². The fourth-order valence-corrected chi connectivity index (χ4v) is 2.99. The summed E-state index contributed by atoms with van der Waals surface area (Å²) in [6.45, 7) is 2.07. The van der Waals surface area contributed by atoms with Crippen LogP contribution in [0.1, 0.15) is 28.2 Å². The summed E-state index contributed by atoms with van der Waals surface area (Å²) in [7, 11) is 0. The third-order valence-corrected chi connectivity index (χ3v) is 4.34. The van der Waals surface area contributed by atoms with E-state index < -0.39 is 0 Å². The largest absolute Gasteiger partial charge is 0.454 e. The van der Waals surface area contributed by atoms with Crippen LogP contribution in [0.25, 0.3) is 0 Å². The third kappa shape index (κ3) is 2.46. The highest BCUT2D eigenvalue weighted by atomic mass is 35.5. The van der Waals surface area contributed by atoms with Crippen LogP contribution in [0.2, 0.25) is 5.02 Å². The van der Waals surface area contributed by atoms with Gasteiger partial charge in [-0.05, 0) is 30.5 Å². The van der Waals surface area contributed by atoms with E-state index in [1.54, 1.807) is 23.5 Å². The number of benzene rings is 1. The van der Waals surface area contributed by atoms with Gasteiger partial charge in [-0.2, -0.15) is 0 Å². The molecule has 4 nitrogen and oxygen atoms in total. The molecule has 0 fully saturated rings. The van der Waals surface area contributed by atoms with Crippen LogP contribution < -0.4 is 14.8 Å². The number of fused-ring (bicyclic) bond motifs is 1. The number of halogens is 1. The lowest BCUT2D eigenvalue weighted by molar-refractivity contribution is 0.0940. The van der Waals surface area contributed by atoms with Crippen molar-refractivity contribution >= 4 is 28.8 Å². The molecule has 0 bridgehead atoms. The molecule has 1 unspecified atom stereocenters. The van der Waals surface area contributed by atoms with Crippen LogP contribution in [0.4, 0.5) is 0 Å². The summed E-state index contributed by atoms with van der Waals surface area (Å²) in [5.41, 5.74) is 0.461. The molecule has 1 aromatic carbocycles. The average Bonchev–Trinajstić information content (AvgIpc) is 3.09. The predicted octanol–water partition coefficient (Wildman–Crippen LogP) is 3.62. The van der Waals surface area contributed by atoms with Gasteiger partial charge < -0.3 is 14.8 Å². The zero-order chi connectivity index (χ0) is 14.1. The first kappa shape index (κ1) is 13.3. The van der Waals surface area contributed by atoms with Crippen LogP contribution in [0.5, 0.6) is 11.5 Å². The van der Waals surface area contributed by atoms with Crippen molar-refractivity contribution < 1.29 is 14.3 Å². The van der Waals surface area contributed by atoms with Crippen LogP contribution >= 0.6 is 22.9 Å². The van der Waals surface area contributed by atoms with E-state index in [0.717, 1.165) is 4.88 Å². The standard InChI is InChI=1S/C14H12ClNO3S/c1-8(12-3-2-4-20-12)16-14(17)9-5-10(15)13-11(6-9)18-7-19-13/h2-6,8H,7H2,1H3,(H,16,17). The zero-order valence-corrected chi connectivity index (χ0v) is 12.3.